The van der Waals surface area contributed by atoms with E-state index in [-0.39, 0.29) is 18.4 Å². The summed E-state index contributed by atoms with van der Waals surface area (Å²) in [4.78, 5) is 12.3. The fourth-order valence-corrected chi connectivity index (χ4v) is 2.69. The molecule has 0 unspecified atom stereocenters. The normalized spacial score (nSPS) is 11.8. The molecule has 2 aromatic carbocycles. The lowest BCUT2D eigenvalue weighted by atomic mass is 10.2. The van der Waals surface area contributed by atoms with Gasteiger partial charge in [0.1, 0.15) is 5.75 Å². The number of rotatable bonds is 6. The lowest BCUT2D eigenvalue weighted by Gasteiger charge is -2.08. The monoisotopic (exact) mass is 378 g/mol. The molecule has 1 aliphatic heterocycles. The topological polar surface area (TPSA) is 94.6 Å². The van der Waals surface area contributed by atoms with Gasteiger partial charge in [0.15, 0.2) is 23.0 Å². The van der Waals surface area contributed by atoms with Crippen molar-refractivity contribution >= 4 is 17.4 Å². The van der Waals surface area contributed by atoms with Gasteiger partial charge in [0.25, 0.3) is 5.91 Å². The van der Waals surface area contributed by atoms with Crippen molar-refractivity contribution in [3.63, 3.8) is 0 Å². The molecule has 8 nitrogen and oxygen atoms in total. The average molecular weight is 378 g/mol. The van der Waals surface area contributed by atoms with Gasteiger partial charge in [-0.2, -0.15) is 0 Å². The van der Waals surface area contributed by atoms with Gasteiger partial charge in [0, 0.05) is 18.3 Å². The number of hydrogen-bond acceptors (Lipinski definition) is 7. The van der Waals surface area contributed by atoms with Crippen LogP contribution in [0.4, 0.5) is 11.5 Å². The minimum Gasteiger partial charge on any atom is -0.497 e. The molecule has 2 N–H and O–H groups in total. The molecule has 0 saturated carbocycles. The zero-order valence-corrected chi connectivity index (χ0v) is 15.1. The van der Waals surface area contributed by atoms with Crippen LogP contribution in [-0.2, 0) is 6.54 Å². The van der Waals surface area contributed by atoms with Crippen LogP contribution in [0.25, 0.3) is 0 Å². The van der Waals surface area contributed by atoms with Crippen LogP contribution in [0.5, 0.6) is 17.2 Å². The number of carbonyl (C=O) groups excluding carboxylic acids is 1. The quantitative estimate of drug-likeness (QED) is 0.681. The number of nitrogens with one attached hydrogen (secondary N) is 2. The van der Waals surface area contributed by atoms with E-state index in [9.17, 15) is 4.79 Å². The van der Waals surface area contributed by atoms with Crippen molar-refractivity contribution < 1.29 is 19.0 Å². The Morgan fingerprint density at radius 1 is 1.07 bits per heavy atom. The van der Waals surface area contributed by atoms with E-state index in [0.717, 1.165) is 17.0 Å². The highest BCUT2D eigenvalue weighted by Gasteiger charge is 2.14. The average Bonchev–Trinajstić information content (AvgIpc) is 3.20. The zero-order valence-electron chi connectivity index (χ0n) is 15.1. The maximum absolute atomic E-state index is 12.3. The molecule has 2 heterocycles. The smallest absolute Gasteiger partial charge is 0.272 e. The molecule has 1 aromatic heterocycles. The number of fused-ring (bicyclic) bond motifs is 1. The number of ether oxygens (including phenoxy) is 3. The van der Waals surface area contributed by atoms with E-state index in [0.29, 0.717) is 23.9 Å². The van der Waals surface area contributed by atoms with Gasteiger partial charge in [0.05, 0.1) is 7.11 Å². The summed E-state index contributed by atoms with van der Waals surface area (Å²) in [6.07, 6.45) is 0. The molecule has 4 rings (SSSR count). The van der Waals surface area contributed by atoms with Crippen LogP contribution in [0.3, 0.4) is 0 Å². The van der Waals surface area contributed by atoms with Crippen LogP contribution in [0.2, 0.25) is 0 Å². The first-order chi connectivity index (χ1) is 13.7. The highest BCUT2D eigenvalue weighted by Crippen LogP contribution is 2.32. The van der Waals surface area contributed by atoms with Crippen LogP contribution >= 0.6 is 0 Å². The highest BCUT2D eigenvalue weighted by molar-refractivity contribution is 5.92. The number of amides is 1. The first-order valence-corrected chi connectivity index (χ1v) is 8.63. The minimum atomic E-state index is -0.307. The lowest BCUT2D eigenvalue weighted by Crippen LogP contribution is -2.24. The number of aromatic nitrogens is 2. The Hall–Kier alpha value is -3.81. The van der Waals surface area contributed by atoms with E-state index in [1.54, 1.807) is 19.2 Å². The van der Waals surface area contributed by atoms with Gasteiger partial charge < -0.3 is 24.8 Å². The molecule has 8 heteroatoms. The molecule has 0 radical (unpaired) electrons. The highest BCUT2D eigenvalue weighted by atomic mass is 16.7. The molecule has 3 aromatic rings. The fourth-order valence-electron chi connectivity index (χ4n) is 2.69. The molecule has 0 spiro atoms. The van der Waals surface area contributed by atoms with Crippen LogP contribution in [0.1, 0.15) is 16.1 Å². The molecule has 0 fully saturated rings. The van der Waals surface area contributed by atoms with E-state index in [2.05, 4.69) is 20.8 Å². The van der Waals surface area contributed by atoms with Crippen molar-refractivity contribution in [3.8, 4) is 17.2 Å². The standard InChI is InChI=1S/C20H18N4O4/c1-26-15-4-2-3-14(10-15)22-19-8-6-16(23-24-19)20(25)21-11-13-5-7-17-18(9-13)28-12-27-17/h2-10H,11-12H2,1H3,(H,21,25)(H,22,24). The van der Waals surface area contributed by atoms with Gasteiger partial charge >= 0.3 is 0 Å². The summed E-state index contributed by atoms with van der Waals surface area (Å²) in [7, 11) is 1.61. The molecule has 0 bridgehead atoms. The Balaban J connectivity index is 1.36. The SMILES string of the molecule is COc1cccc(Nc2ccc(C(=O)NCc3ccc4c(c3)OCO4)nn2)c1. The van der Waals surface area contributed by atoms with Crippen molar-refractivity contribution in [1.29, 1.82) is 0 Å². The van der Waals surface area contributed by atoms with Crippen LogP contribution in [-0.4, -0.2) is 30.0 Å². The second-order valence-corrected chi connectivity index (χ2v) is 6.03. The van der Waals surface area contributed by atoms with Gasteiger partial charge in [-0.25, -0.2) is 0 Å². The lowest BCUT2D eigenvalue weighted by molar-refractivity contribution is 0.0945. The summed E-state index contributed by atoms with van der Waals surface area (Å²) in [5.74, 6) is 2.34. The van der Waals surface area contributed by atoms with E-state index >= 15 is 0 Å². The van der Waals surface area contributed by atoms with Gasteiger partial charge in [-0.15, -0.1) is 10.2 Å². The Morgan fingerprint density at radius 2 is 1.96 bits per heavy atom. The van der Waals surface area contributed by atoms with Crippen molar-refractivity contribution in [3.05, 3.63) is 65.9 Å². The molecular formula is C20H18N4O4. The Labute approximate surface area is 161 Å². The third kappa shape index (κ3) is 3.96. The largest absolute Gasteiger partial charge is 0.497 e. The molecule has 0 saturated heterocycles. The number of benzene rings is 2. The molecule has 1 aliphatic rings. The summed E-state index contributed by atoms with van der Waals surface area (Å²) < 4.78 is 15.8. The number of hydrogen-bond donors (Lipinski definition) is 2. The van der Waals surface area contributed by atoms with Gasteiger partial charge in [-0.05, 0) is 42.0 Å². The van der Waals surface area contributed by atoms with Crippen molar-refractivity contribution in [2.45, 2.75) is 6.54 Å². The van der Waals surface area contributed by atoms with Crippen LogP contribution < -0.4 is 24.8 Å². The minimum absolute atomic E-state index is 0.219. The predicted molar refractivity (Wildman–Crippen MR) is 102 cm³/mol. The second kappa shape index (κ2) is 7.83. The van der Waals surface area contributed by atoms with E-state index in [1.807, 2.05) is 42.5 Å². The number of nitrogens with zero attached hydrogens (tertiary/aromatic N) is 2. The summed E-state index contributed by atoms with van der Waals surface area (Å²) in [5.41, 5.74) is 1.95. The first-order valence-electron chi connectivity index (χ1n) is 8.63. The van der Waals surface area contributed by atoms with Crippen molar-refractivity contribution in [1.82, 2.24) is 15.5 Å². The maximum atomic E-state index is 12.3. The molecule has 142 valence electrons. The van der Waals surface area contributed by atoms with Crippen molar-refractivity contribution in [2.75, 3.05) is 19.2 Å². The van der Waals surface area contributed by atoms with E-state index in [1.165, 1.54) is 0 Å². The van der Waals surface area contributed by atoms with Crippen molar-refractivity contribution in [2.24, 2.45) is 0 Å². The fraction of sp³-hybridized carbons (Fsp3) is 0.150. The Bertz CT molecular complexity index is 992. The van der Waals surface area contributed by atoms with Gasteiger partial charge in [-0.3, -0.25) is 4.79 Å². The van der Waals surface area contributed by atoms with E-state index in [4.69, 9.17) is 14.2 Å². The molecule has 28 heavy (non-hydrogen) atoms. The predicted octanol–water partition coefficient (Wildman–Crippen LogP) is 2.89. The second-order valence-electron chi connectivity index (χ2n) is 6.03. The first kappa shape index (κ1) is 17.6. The summed E-state index contributed by atoms with van der Waals surface area (Å²) in [6.45, 7) is 0.567. The van der Waals surface area contributed by atoms with Gasteiger partial charge in [0.2, 0.25) is 6.79 Å². The molecule has 1 amide bonds. The molecular weight excluding hydrogens is 360 g/mol. The summed E-state index contributed by atoms with van der Waals surface area (Å²) in [6, 6.07) is 16.3. The maximum Gasteiger partial charge on any atom is 0.272 e. The Morgan fingerprint density at radius 3 is 2.79 bits per heavy atom. The van der Waals surface area contributed by atoms with E-state index < -0.39 is 0 Å². The Kier molecular flexibility index (Phi) is 4.92. The van der Waals surface area contributed by atoms with Crippen LogP contribution in [0.15, 0.2) is 54.6 Å². The number of carbonyl (C=O) groups is 1. The van der Waals surface area contributed by atoms with Gasteiger partial charge in [-0.1, -0.05) is 12.1 Å². The summed E-state index contributed by atoms with van der Waals surface area (Å²) in [5, 5.41) is 14.0. The summed E-state index contributed by atoms with van der Waals surface area (Å²) >= 11 is 0. The third-order valence-corrected chi connectivity index (χ3v) is 4.13. The molecule has 0 atom stereocenters. The molecule has 0 aliphatic carbocycles. The third-order valence-electron chi connectivity index (χ3n) is 4.13. The van der Waals surface area contributed by atoms with Crippen LogP contribution in [0, 0.1) is 0 Å². The number of methoxy groups -OCH3 is 1. The number of anilines is 2. The zero-order chi connectivity index (χ0) is 19.3.